The number of amides is 2. The van der Waals surface area contributed by atoms with E-state index >= 15 is 0 Å². The van der Waals surface area contributed by atoms with Crippen LogP contribution >= 0.6 is 11.8 Å². The molecule has 2 fully saturated rings. The lowest BCUT2D eigenvalue weighted by atomic mass is 10.0. The molecule has 2 saturated heterocycles. The molecule has 5 rings (SSSR count). The lowest BCUT2D eigenvalue weighted by Gasteiger charge is -2.32. The van der Waals surface area contributed by atoms with Gasteiger partial charge in [-0.25, -0.2) is 0 Å². The molecule has 0 unspecified atom stereocenters. The number of piperazine rings is 1. The highest BCUT2D eigenvalue weighted by molar-refractivity contribution is 8.18. The van der Waals surface area contributed by atoms with Gasteiger partial charge in [-0.15, -0.1) is 0 Å². The van der Waals surface area contributed by atoms with Crippen LogP contribution in [0.25, 0.3) is 28.2 Å². The maximum Gasteiger partial charge on any atom is 0.290 e. The summed E-state index contributed by atoms with van der Waals surface area (Å²) in [5, 5.41) is 2.73. The van der Waals surface area contributed by atoms with E-state index in [4.69, 9.17) is 4.42 Å². The number of hydrogen-bond acceptors (Lipinski definition) is 7. The van der Waals surface area contributed by atoms with Gasteiger partial charge in [-0.2, -0.15) is 0 Å². The minimum atomic E-state index is -0.398. The average Bonchev–Trinajstić information content (AvgIpc) is 3.32. The summed E-state index contributed by atoms with van der Waals surface area (Å²) in [4.78, 5) is 32.7. The van der Waals surface area contributed by atoms with Crippen molar-refractivity contribution in [3.8, 4) is 11.1 Å². The molecule has 31 heavy (non-hydrogen) atoms. The van der Waals surface area contributed by atoms with Crippen LogP contribution in [0, 0.1) is 0 Å². The summed E-state index contributed by atoms with van der Waals surface area (Å²) >= 11 is 0.874. The van der Waals surface area contributed by atoms with Crippen LogP contribution in [0.5, 0.6) is 0 Å². The largest absolute Gasteiger partial charge is 0.456 e. The number of nitrogens with one attached hydrogen (secondary N) is 1. The number of aromatic nitrogens is 1. The molecule has 0 aliphatic carbocycles. The fourth-order valence-electron chi connectivity index (χ4n) is 3.86. The molecule has 0 atom stereocenters. The Morgan fingerprint density at radius 1 is 1.13 bits per heavy atom. The molecule has 0 radical (unpaired) electrons. The summed E-state index contributed by atoms with van der Waals surface area (Å²) in [5.74, 6) is 0.119. The quantitative estimate of drug-likeness (QED) is 0.629. The number of carbonyl (C=O) groups is 2. The van der Waals surface area contributed by atoms with E-state index in [1.54, 1.807) is 18.5 Å². The Morgan fingerprint density at radius 2 is 1.90 bits per heavy atom. The highest BCUT2D eigenvalue weighted by Gasteiger charge is 2.25. The number of nitrogens with zero attached hydrogens (tertiary/aromatic N) is 3. The lowest BCUT2D eigenvalue weighted by Crippen LogP contribution is -2.43. The van der Waals surface area contributed by atoms with Gasteiger partial charge < -0.3 is 9.32 Å². The smallest absolute Gasteiger partial charge is 0.290 e. The first kappa shape index (κ1) is 20.0. The van der Waals surface area contributed by atoms with E-state index < -0.39 is 5.91 Å². The van der Waals surface area contributed by atoms with Gasteiger partial charge in [-0.05, 0) is 36.0 Å². The molecule has 1 N–H and O–H groups in total. The predicted molar refractivity (Wildman–Crippen MR) is 121 cm³/mol. The number of furan rings is 1. The molecule has 8 heteroatoms. The van der Waals surface area contributed by atoms with Gasteiger partial charge in [-0.3, -0.25) is 24.8 Å². The molecule has 0 saturated carbocycles. The van der Waals surface area contributed by atoms with Crippen LogP contribution in [0.1, 0.15) is 11.3 Å². The van der Waals surface area contributed by atoms with Crippen molar-refractivity contribution in [2.45, 2.75) is 6.54 Å². The Balaban J connectivity index is 1.38. The summed E-state index contributed by atoms with van der Waals surface area (Å²) in [5.41, 5.74) is 3.92. The lowest BCUT2D eigenvalue weighted by molar-refractivity contribution is -0.115. The van der Waals surface area contributed by atoms with E-state index in [0.29, 0.717) is 16.2 Å². The van der Waals surface area contributed by atoms with Crippen LogP contribution in [0.3, 0.4) is 0 Å². The van der Waals surface area contributed by atoms with Crippen LogP contribution in [0.2, 0.25) is 0 Å². The van der Waals surface area contributed by atoms with Crippen molar-refractivity contribution in [3.63, 3.8) is 0 Å². The van der Waals surface area contributed by atoms with Crippen molar-refractivity contribution < 1.29 is 14.0 Å². The van der Waals surface area contributed by atoms with E-state index in [1.807, 2.05) is 6.07 Å². The highest BCUT2D eigenvalue weighted by Crippen LogP contribution is 2.33. The molecule has 2 aromatic heterocycles. The summed E-state index contributed by atoms with van der Waals surface area (Å²) in [6.07, 6.45) is 5.12. The third-order valence-corrected chi connectivity index (χ3v) is 6.43. The molecule has 2 amide bonds. The van der Waals surface area contributed by atoms with Gasteiger partial charge in [0.15, 0.2) is 0 Å². The monoisotopic (exact) mass is 434 g/mol. The Labute approximate surface area is 184 Å². The highest BCUT2D eigenvalue weighted by atomic mass is 32.2. The number of thioether (sulfide) groups is 1. The molecule has 1 aromatic carbocycles. The molecular weight excluding hydrogens is 412 g/mol. The van der Waals surface area contributed by atoms with E-state index in [9.17, 15) is 9.59 Å². The topological polar surface area (TPSA) is 78.7 Å². The van der Waals surface area contributed by atoms with Crippen molar-refractivity contribution in [1.29, 1.82) is 0 Å². The van der Waals surface area contributed by atoms with Gasteiger partial charge in [-0.1, -0.05) is 24.3 Å². The first-order valence-electron chi connectivity index (χ1n) is 10.2. The Kier molecular flexibility index (Phi) is 5.35. The third kappa shape index (κ3) is 4.27. The molecule has 2 aliphatic heterocycles. The van der Waals surface area contributed by atoms with Gasteiger partial charge in [0, 0.05) is 62.1 Å². The third-order valence-electron chi connectivity index (χ3n) is 5.62. The van der Waals surface area contributed by atoms with Gasteiger partial charge in [0.2, 0.25) is 0 Å². The van der Waals surface area contributed by atoms with Gasteiger partial charge >= 0.3 is 0 Å². The minimum absolute atomic E-state index is 0.326. The number of carbonyl (C=O) groups excluding carboxylic acids is 2. The zero-order valence-electron chi connectivity index (χ0n) is 17.1. The Morgan fingerprint density at radius 3 is 2.61 bits per heavy atom. The fraction of sp³-hybridized carbons (Fsp3) is 0.261. The maximum absolute atomic E-state index is 11.8. The van der Waals surface area contributed by atoms with Gasteiger partial charge in [0.1, 0.15) is 11.3 Å². The number of pyridine rings is 1. The maximum atomic E-state index is 11.8. The van der Waals surface area contributed by atoms with Crippen molar-refractivity contribution in [1.82, 2.24) is 20.1 Å². The fourth-order valence-corrected chi connectivity index (χ4v) is 4.53. The molecule has 158 valence electrons. The number of likely N-dealkylation sites (N-methyl/N-ethyl adjacent to an activating group) is 1. The average molecular weight is 435 g/mol. The first-order chi connectivity index (χ1) is 15.0. The summed E-state index contributed by atoms with van der Waals surface area (Å²) in [7, 11) is 2.16. The van der Waals surface area contributed by atoms with E-state index in [-0.39, 0.29) is 5.24 Å². The zero-order chi connectivity index (χ0) is 21.4. The molecule has 7 nitrogen and oxygen atoms in total. The van der Waals surface area contributed by atoms with Crippen molar-refractivity contribution in [2.75, 3.05) is 33.2 Å². The molecule has 2 aliphatic rings. The summed E-state index contributed by atoms with van der Waals surface area (Å²) in [6.45, 7) is 5.35. The van der Waals surface area contributed by atoms with E-state index in [2.05, 4.69) is 51.4 Å². The van der Waals surface area contributed by atoms with Crippen LogP contribution in [0.15, 0.2) is 52.0 Å². The standard InChI is InChI=1S/C23H22N4O3S/c1-26-6-8-27(9-7-26)14-15-2-4-16(5-3-15)19-13-24-12-17-10-18(30-21(17)19)11-20-22(28)25-23(29)31-20/h2-5,10-13H,6-9,14H2,1H3,(H,25,28,29). The predicted octanol–water partition coefficient (Wildman–Crippen LogP) is 3.57. The Hall–Kier alpha value is -2.94. The number of rotatable bonds is 4. The molecule has 0 spiro atoms. The van der Waals surface area contributed by atoms with Crippen LogP contribution in [0.4, 0.5) is 4.79 Å². The molecule has 4 heterocycles. The van der Waals surface area contributed by atoms with Crippen molar-refractivity contribution >= 4 is 40.0 Å². The number of imide groups is 1. The van der Waals surface area contributed by atoms with Gasteiger partial charge in [0.05, 0.1) is 4.91 Å². The number of benzene rings is 1. The van der Waals surface area contributed by atoms with Crippen molar-refractivity contribution in [2.24, 2.45) is 0 Å². The molecule has 3 aromatic rings. The summed E-state index contributed by atoms with van der Waals surface area (Å²) in [6, 6.07) is 10.3. The minimum Gasteiger partial charge on any atom is -0.456 e. The van der Waals surface area contributed by atoms with Crippen LogP contribution in [-0.4, -0.2) is 59.2 Å². The first-order valence-corrected chi connectivity index (χ1v) is 11.0. The zero-order valence-corrected chi connectivity index (χ0v) is 17.9. The molecular formula is C23H22N4O3S. The van der Waals surface area contributed by atoms with Crippen LogP contribution < -0.4 is 5.32 Å². The Bertz CT molecular complexity index is 1180. The second kappa shape index (κ2) is 8.30. The SMILES string of the molecule is CN1CCN(Cc2ccc(-c3cncc4cc(C=C5SC(=O)NC5=O)oc34)cc2)CC1. The number of fused-ring (bicyclic) bond motifs is 1. The van der Waals surface area contributed by atoms with Crippen LogP contribution in [-0.2, 0) is 11.3 Å². The molecule has 0 bridgehead atoms. The van der Waals surface area contributed by atoms with E-state index in [1.165, 1.54) is 5.56 Å². The van der Waals surface area contributed by atoms with E-state index in [0.717, 1.165) is 61.0 Å². The van der Waals surface area contributed by atoms with Crippen molar-refractivity contribution in [3.05, 3.63) is 59.0 Å². The summed E-state index contributed by atoms with van der Waals surface area (Å²) < 4.78 is 6.03. The second-order valence-corrected chi connectivity index (χ2v) is 8.90. The normalized spacial score (nSPS) is 19.5. The van der Waals surface area contributed by atoms with Gasteiger partial charge in [0.25, 0.3) is 11.1 Å². The second-order valence-electron chi connectivity index (χ2n) is 7.88. The number of hydrogen-bond donors (Lipinski definition) is 1.